The van der Waals surface area contributed by atoms with Crippen molar-refractivity contribution in [3.63, 3.8) is 0 Å². The van der Waals surface area contributed by atoms with E-state index in [9.17, 15) is 9.59 Å². The molecule has 5 heteroatoms. The van der Waals surface area contributed by atoms with Crippen LogP contribution in [0, 0.1) is 0 Å². The number of imide groups is 1. The summed E-state index contributed by atoms with van der Waals surface area (Å²) in [5.74, 6) is 0.757. The minimum atomic E-state index is -0.322. The fourth-order valence-electron chi connectivity index (χ4n) is 2.68. The van der Waals surface area contributed by atoms with Gasteiger partial charge in [0.15, 0.2) is 0 Å². The second kappa shape index (κ2) is 5.85. The Labute approximate surface area is 124 Å². The molecular weight excluding hydrogens is 268 g/mol. The molecule has 21 heavy (non-hydrogen) atoms. The molecular formula is C16H20N2O3. The van der Waals surface area contributed by atoms with Crippen LogP contribution in [0.25, 0.3) is 0 Å². The first kappa shape index (κ1) is 14.1. The SMILES string of the molecule is CN(CCOc1ccccc1)C1CC(=O)N(C2CC2)C1=O. The number of carbonyl (C=O) groups excluding carboxylic acids is 2. The van der Waals surface area contributed by atoms with Crippen molar-refractivity contribution in [3.8, 4) is 5.75 Å². The quantitative estimate of drug-likeness (QED) is 0.740. The summed E-state index contributed by atoms with van der Waals surface area (Å²) in [5.41, 5.74) is 0. The van der Waals surface area contributed by atoms with Crippen LogP contribution >= 0.6 is 0 Å². The van der Waals surface area contributed by atoms with Crippen molar-refractivity contribution in [1.29, 1.82) is 0 Å². The fourth-order valence-corrected chi connectivity index (χ4v) is 2.68. The molecule has 1 saturated heterocycles. The number of ether oxygens (including phenoxy) is 1. The number of likely N-dealkylation sites (tertiary alicyclic amines) is 1. The lowest BCUT2D eigenvalue weighted by Crippen LogP contribution is -2.42. The van der Waals surface area contributed by atoms with Crippen LogP contribution in [0.5, 0.6) is 5.75 Å². The van der Waals surface area contributed by atoms with E-state index >= 15 is 0 Å². The van der Waals surface area contributed by atoms with Gasteiger partial charge in [-0.15, -0.1) is 0 Å². The summed E-state index contributed by atoms with van der Waals surface area (Å²) < 4.78 is 5.63. The van der Waals surface area contributed by atoms with Gasteiger partial charge in [-0.25, -0.2) is 0 Å². The van der Waals surface area contributed by atoms with Crippen molar-refractivity contribution in [2.45, 2.75) is 31.3 Å². The van der Waals surface area contributed by atoms with Gasteiger partial charge < -0.3 is 4.74 Å². The number of likely N-dealkylation sites (N-methyl/N-ethyl adjacent to an activating group) is 1. The molecule has 2 aliphatic rings. The molecule has 0 bridgehead atoms. The van der Waals surface area contributed by atoms with Crippen LogP contribution in [0.4, 0.5) is 0 Å². The van der Waals surface area contributed by atoms with E-state index in [1.165, 1.54) is 4.90 Å². The molecule has 1 unspecified atom stereocenters. The lowest BCUT2D eigenvalue weighted by molar-refractivity contribution is -0.140. The Morgan fingerprint density at radius 3 is 2.62 bits per heavy atom. The van der Waals surface area contributed by atoms with E-state index in [-0.39, 0.29) is 23.9 Å². The molecule has 0 radical (unpaired) electrons. The third-order valence-electron chi connectivity index (χ3n) is 4.06. The van der Waals surface area contributed by atoms with Gasteiger partial charge in [-0.2, -0.15) is 0 Å². The van der Waals surface area contributed by atoms with Crippen molar-refractivity contribution in [2.24, 2.45) is 0 Å². The molecule has 2 fully saturated rings. The lowest BCUT2D eigenvalue weighted by atomic mass is 10.2. The third-order valence-corrected chi connectivity index (χ3v) is 4.06. The maximum absolute atomic E-state index is 12.3. The fraction of sp³-hybridized carbons (Fsp3) is 0.500. The summed E-state index contributed by atoms with van der Waals surface area (Å²) in [6.07, 6.45) is 2.23. The molecule has 0 aromatic heterocycles. The van der Waals surface area contributed by atoms with E-state index < -0.39 is 0 Å². The molecule has 1 saturated carbocycles. The summed E-state index contributed by atoms with van der Waals surface area (Å²) >= 11 is 0. The van der Waals surface area contributed by atoms with Crippen LogP contribution in [0.1, 0.15) is 19.3 Å². The summed E-state index contributed by atoms with van der Waals surface area (Å²) in [6.45, 7) is 1.12. The number of rotatable bonds is 6. The van der Waals surface area contributed by atoms with Crippen molar-refractivity contribution in [2.75, 3.05) is 20.2 Å². The first-order chi connectivity index (χ1) is 10.2. The first-order valence-electron chi connectivity index (χ1n) is 7.41. The standard InChI is InChI=1S/C16H20N2O3/c1-17(9-10-21-13-5-3-2-4-6-13)14-11-15(19)18(16(14)20)12-7-8-12/h2-6,12,14H,7-11H2,1H3. The molecule has 3 rings (SSSR count). The average Bonchev–Trinajstić information content (AvgIpc) is 3.26. The predicted molar refractivity (Wildman–Crippen MR) is 77.8 cm³/mol. The highest BCUT2D eigenvalue weighted by Crippen LogP contribution is 2.32. The smallest absolute Gasteiger partial charge is 0.247 e. The van der Waals surface area contributed by atoms with Crippen LogP contribution in [0.3, 0.4) is 0 Å². The Balaban J connectivity index is 1.50. The van der Waals surface area contributed by atoms with Crippen LogP contribution in [0.2, 0.25) is 0 Å². The highest BCUT2D eigenvalue weighted by Gasteiger charge is 2.47. The number of benzene rings is 1. The molecule has 1 aliphatic heterocycles. The Bertz CT molecular complexity index is 528. The average molecular weight is 288 g/mol. The summed E-state index contributed by atoms with van der Waals surface area (Å²) in [6, 6.07) is 9.44. The van der Waals surface area contributed by atoms with Gasteiger partial charge in [-0.05, 0) is 32.0 Å². The zero-order valence-electron chi connectivity index (χ0n) is 12.2. The number of para-hydroxylation sites is 1. The zero-order chi connectivity index (χ0) is 14.8. The second-order valence-corrected chi connectivity index (χ2v) is 5.70. The molecule has 2 amide bonds. The van der Waals surface area contributed by atoms with E-state index in [1.807, 2.05) is 42.3 Å². The maximum atomic E-state index is 12.3. The Kier molecular flexibility index (Phi) is 3.92. The van der Waals surface area contributed by atoms with Crippen LogP contribution < -0.4 is 4.74 Å². The summed E-state index contributed by atoms with van der Waals surface area (Å²) in [4.78, 5) is 27.6. The predicted octanol–water partition coefficient (Wildman–Crippen LogP) is 1.29. The highest BCUT2D eigenvalue weighted by molar-refractivity contribution is 6.06. The Morgan fingerprint density at radius 1 is 1.24 bits per heavy atom. The van der Waals surface area contributed by atoms with E-state index in [2.05, 4.69) is 0 Å². The van der Waals surface area contributed by atoms with E-state index in [0.717, 1.165) is 18.6 Å². The van der Waals surface area contributed by atoms with Gasteiger partial charge in [0.2, 0.25) is 11.8 Å². The minimum Gasteiger partial charge on any atom is -0.492 e. The van der Waals surface area contributed by atoms with Crippen LogP contribution in [-0.2, 0) is 9.59 Å². The molecule has 1 aromatic rings. The number of hydrogen-bond donors (Lipinski definition) is 0. The minimum absolute atomic E-state index is 0.0247. The first-order valence-corrected chi connectivity index (χ1v) is 7.41. The van der Waals surface area contributed by atoms with Gasteiger partial charge in [0.1, 0.15) is 12.4 Å². The van der Waals surface area contributed by atoms with Gasteiger partial charge in [0.25, 0.3) is 0 Å². The van der Waals surface area contributed by atoms with E-state index in [0.29, 0.717) is 19.6 Å². The lowest BCUT2D eigenvalue weighted by Gasteiger charge is -2.22. The van der Waals surface area contributed by atoms with Crippen molar-refractivity contribution >= 4 is 11.8 Å². The largest absolute Gasteiger partial charge is 0.492 e. The van der Waals surface area contributed by atoms with Gasteiger partial charge in [0, 0.05) is 12.6 Å². The highest BCUT2D eigenvalue weighted by atomic mass is 16.5. The van der Waals surface area contributed by atoms with Gasteiger partial charge in [0.05, 0.1) is 12.5 Å². The number of nitrogens with zero attached hydrogens (tertiary/aromatic N) is 2. The van der Waals surface area contributed by atoms with Gasteiger partial charge in [-0.3, -0.25) is 19.4 Å². The second-order valence-electron chi connectivity index (χ2n) is 5.70. The van der Waals surface area contributed by atoms with Gasteiger partial charge in [-0.1, -0.05) is 18.2 Å². The normalized spacial score (nSPS) is 22.2. The van der Waals surface area contributed by atoms with Crippen LogP contribution in [-0.4, -0.2) is 53.9 Å². The van der Waals surface area contributed by atoms with Crippen LogP contribution in [0.15, 0.2) is 30.3 Å². The molecule has 112 valence electrons. The number of hydrogen-bond acceptors (Lipinski definition) is 4. The van der Waals surface area contributed by atoms with Crippen molar-refractivity contribution in [1.82, 2.24) is 9.80 Å². The van der Waals surface area contributed by atoms with E-state index in [1.54, 1.807) is 0 Å². The zero-order valence-corrected chi connectivity index (χ0v) is 12.2. The molecule has 0 N–H and O–H groups in total. The molecule has 0 spiro atoms. The summed E-state index contributed by atoms with van der Waals surface area (Å²) in [7, 11) is 1.88. The Hall–Kier alpha value is -1.88. The molecule has 5 nitrogen and oxygen atoms in total. The summed E-state index contributed by atoms with van der Waals surface area (Å²) in [5, 5.41) is 0. The van der Waals surface area contributed by atoms with Crippen molar-refractivity contribution in [3.05, 3.63) is 30.3 Å². The maximum Gasteiger partial charge on any atom is 0.247 e. The molecule has 1 aromatic carbocycles. The molecule has 1 aliphatic carbocycles. The van der Waals surface area contributed by atoms with E-state index in [4.69, 9.17) is 4.74 Å². The topological polar surface area (TPSA) is 49.9 Å². The molecule has 1 atom stereocenters. The Morgan fingerprint density at radius 2 is 1.95 bits per heavy atom. The monoisotopic (exact) mass is 288 g/mol. The third kappa shape index (κ3) is 3.08. The van der Waals surface area contributed by atoms with Gasteiger partial charge >= 0.3 is 0 Å². The molecule has 1 heterocycles. The number of carbonyl (C=O) groups is 2. The number of amides is 2. The van der Waals surface area contributed by atoms with Crippen molar-refractivity contribution < 1.29 is 14.3 Å².